The van der Waals surface area contributed by atoms with Gasteiger partial charge in [0, 0.05) is 17.5 Å². The number of ether oxygens (including phenoxy) is 2. The average molecular weight is 458 g/mol. The lowest BCUT2D eigenvalue weighted by Crippen LogP contribution is -2.34. The fourth-order valence-electron chi connectivity index (χ4n) is 2.25. The third-order valence-corrected chi connectivity index (χ3v) is 4.33. The fraction of sp³-hybridized carbons (Fsp3) is 0.222. The van der Waals surface area contributed by atoms with E-state index in [2.05, 4.69) is 10.6 Å². The molecule has 0 aliphatic heterocycles. The van der Waals surface area contributed by atoms with Gasteiger partial charge in [-0.15, -0.1) is 0 Å². The van der Waals surface area contributed by atoms with Gasteiger partial charge < -0.3 is 20.1 Å². The minimum Gasteiger partial charge on any atom is -0.494 e. The van der Waals surface area contributed by atoms with Crippen LogP contribution in [0.1, 0.15) is 12.8 Å². The van der Waals surface area contributed by atoms with Gasteiger partial charge in [-0.1, -0.05) is 23.2 Å². The van der Waals surface area contributed by atoms with Crippen LogP contribution in [0, 0.1) is 10.1 Å². The van der Waals surface area contributed by atoms with Crippen molar-refractivity contribution in [1.29, 1.82) is 0 Å². The van der Waals surface area contributed by atoms with Crippen LogP contribution < -0.4 is 20.1 Å². The van der Waals surface area contributed by atoms with Gasteiger partial charge in [0.25, 0.3) is 5.69 Å². The van der Waals surface area contributed by atoms with Crippen molar-refractivity contribution in [3.05, 3.63) is 56.6 Å². The second-order valence-electron chi connectivity index (χ2n) is 5.67. The predicted molar refractivity (Wildman–Crippen MR) is 115 cm³/mol. The van der Waals surface area contributed by atoms with Crippen molar-refractivity contribution < 1.29 is 19.2 Å². The summed E-state index contributed by atoms with van der Waals surface area (Å²) in [6, 6.07) is 8.88. The molecule has 0 unspecified atom stereocenters. The van der Waals surface area contributed by atoms with Crippen LogP contribution in [-0.4, -0.2) is 29.7 Å². The van der Waals surface area contributed by atoms with Crippen molar-refractivity contribution in [3.63, 3.8) is 0 Å². The first-order chi connectivity index (χ1) is 13.8. The van der Waals surface area contributed by atoms with E-state index < -0.39 is 4.92 Å². The third kappa shape index (κ3) is 7.04. The van der Waals surface area contributed by atoms with Crippen LogP contribution in [0.4, 0.5) is 11.4 Å². The van der Waals surface area contributed by atoms with E-state index in [4.69, 9.17) is 44.9 Å². The first kappa shape index (κ1) is 22.7. The number of hydrogen-bond acceptors (Lipinski definition) is 6. The normalized spacial score (nSPS) is 10.2. The number of non-ortho nitro benzene ring substituents is 1. The molecule has 0 aromatic heterocycles. The molecule has 0 saturated heterocycles. The molecular formula is C18H17Cl2N3O5S. The van der Waals surface area contributed by atoms with Gasteiger partial charge in [-0.05, 0) is 42.9 Å². The number of halogens is 2. The number of amides is 1. The van der Waals surface area contributed by atoms with Gasteiger partial charge in [-0.25, -0.2) is 0 Å². The number of carbonyl (C=O) groups excluding carboxylic acids is 1. The maximum Gasteiger partial charge on any atom is 0.273 e. The highest BCUT2D eigenvalue weighted by molar-refractivity contribution is 7.80. The largest absolute Gasteiger partial charge is 0.494 e. The summed E-state index contributed by atoms with van der Waals surface area (Å²) in [5, 5.41) is 17.1. The topological polar surface area (TPSA) is 103 Å². The van der Waals surface area contributed by atoms with Gasteiger partial charge in [-0.2, -0.15) is 0 Å². The van der Waals surface area contributed by atoms with E-state index in [9.17, 15) is 14.9 Å². The monoisotopic (exact) mass is 457 g/mol. The molecular weight excluding hydrogens is 441 g/mol. The summed E-state index contributed by atoms with van der Waals surface area (Å²) in [4.78, 5) is 22.3. The molecule has 2 rings (SSSR count). The zero-order chi connectivity index (χ0) is 21.4. The molecule has 0 aliphatic carbocycles. The molecule has 0 fully saturated rings. The van der Waals surface area contributed by atoms with Crippen molar-refractivity contribution >= 4 is 57.8 Å². The molecule has 0 atom stereocenters. The van der Waals surface area contributed by atoms with Crippen LogP contribution in [-0.2, 0) is 4.79 Å². The lowest BCUT2D eigenvalue weighted by molar-refractivity contribution is -0.384. The molecule has 0 spiro atoms. The molecule has 8 nitrogen and oxygen atoms in total. The molecule has 11 heteroatoms. The predicted octanol–water partition coefficient (Wildman–Crippen LogP) is 4.58. The second-order valence-corrected chi connectivity index (χ2v) is 6.92. The van der Waals surface area contributed by atoms with E-state index in [1.807, 2.05) is 0 Å². The number of anilines is 1. The average Bonchev–Trinajstić information content (AvgIpc) is 2.66. The molecule has 29 heavy (non-hydrogen) atoms. The van der Waals surface area contributed by atoms with Crippen molar-refractivity contribution in [1.82, 2.24) is 5.32 Å². The third-order valence-electron chi connectivity index (χ3n) is 3.60. The first-order valence-corrected chi connectivity index (χ1v) is 9.47. The number of benzene rings is 2. The second kappa shape index (κ2) is 10.8. The molecule has 0 aliphatic rings. The van der Waals surface area contributed by atoms with Gasteiger partial charge in [0.15, 0.2) is 5.11 Å². The van der Waals surface area contributed by atoms with Gasteiger partial charge in [0.05, 0.1) is 35.4 Å². The number of rotatable bonds is 8. The molecule has 2 aromatic rings. The Labute approximate surface area is 182 Å². The Balaban J connectivity index is 1.79. The SMILES string of the molecule is COc1cc([N+](=O)[O-])ccc1NC(=S)NC(=O)CCCOc1ccc(Cl)cc1Cl. The standard InChI is InChI=1S/C18H17Cl2N3O5S/c1-27-16-10-12(23(25)26)5-6-14(16)21-18(29)22-17(24)3-2-8-28-15-7-4-11(19)9-13(15)20/h4-7,9-10H,2-3,8H2,1H3,(H2,21,22,24,29). The summed E-state index contributed by atoms with van der Waals surface area (Å²) < 4.78 is 10.6. The maximum atomic E-state index is 12.0. The highest BCUT2D eigenvalue weighted by Crippen LogP contribution is 2.29. The Morgan fingerprint density at radius 1 is 1.21 bits per heavy atom. The number of nitro groups is 1. The van der Waals surface area contributed by atoms with Gasteiger partial charge in [-0.3, -0.25) is 14.9 Å². The summed E-state index contributed by atoms with van der Waals surface area (Å²) in [6.45, 7) is 0.283. The highest BCUT2D eigenvalue weighted by Gasteiger charge is 2.13. The van der Waals surface area contributed by atoms with Crippen LogP contribution in [0.3, 0.4) is 0 Å². The number of thiocarbonyl (C=S) groups is 1. The van der Waals surface area contributed by atoms with Gasteiger partial charge in [0.2, 0.25) is 5.91 Å². The Morgan fingerprint density at radius 3 is 2.62 bits per heavy atom. The van der Waals surface area contributed by atoms with E-state index in [1.165, 1.54) is 25.3 Å². The summed E-state index contributed by atoms with van der Waals surface area (Å²) in [6.07, 6.45) is 0.610. The van der Waals surface area contributed by atoms with E-state index in [0.29, 0.717) is 27.9 Å². The number of carbonyl (C=O) groups is 1. The fourth-order valence-corrected chi connectivity index (χ4v) is 2.93. The molecule has 2 aromatic carbocycles. The first-order valence-electron chi connectivity index (χ1n) is 8.31. The molecule has 1 amide bonds. The Hall–Kier alpha value is -2.62. The molecule has 0 heterocycles. The van der Waals surface area contributed by atoms with Crippen molar-refractivity contribution in [2.45, 2.75) is 12.8 Å². The molecule has 0 radical (unpaired) electrons. The minimum atomic E-state index is -0.536. The molecule has 0 saturated carbocycles. The number of nitrogens with one attached hydrogen (secondary N) is 2. The number of nitrogens with zero attached hydrogens (tertiary/aromatic N) is 1. The Morgan fingerprint density at radius 2 is 1.97 bits per heavy atom. The lowest BCUT2D eigenvalue weighted by atomic mass is 10.2. The highest BCUT2D eigenvalue weighted by atomic mass is 35.5. The van der Waals surface area contributed by atoms with Crippen molar-refractivity contribution in [2.75, 3.05) is 19.0 Å². The molecule has 154 valence electrons. The van der Waals surface area contributed by atoms with Gasteiger partial charge in [0.1, 0.15) is 11.5 Å². The van der Waals surface area contributed by atoms with Crippen LogP contribution in [0.15, 0.2) is 36.4 Å². The van der Waals surface area contributed by atoms with Crippen LogP contribution in [0.2, 0.25) is 10.0 Å². The summed E-state index contributed by atoms with van der Waals surface area (Å²) in [5.41, 5.74) is 0.271. The van der Waals surface area contributed by atoms with Crippen LogP contribution >= 0.6 is 35.4 Å². The number of methoxy groups -OCH3 is 1. The number of hydrogen-bond donors (Lipinski definition) is 2. The van der Waals surface area contributed by atoms with Crippen molar-refractivity contribution in [3.8, 4) is 11.5 Å². The molecule has 0 bridgehead atoms. The van der Waals surface area contributed by atoms with E-state index in [-0.39, 0.29) is 35.5 Å². The van der Waals surface area contributed by atoms with Crippen LogP contribution in [0.25, 0.3) is 0 Å². The summed E-state index contributed by atoms with van der Waals surface area (Å²) in [7, 11) is 1.37. The molecule has 2 N–H and O–H groups in total. The lowest BCUT2D eigenvalue weighted by Gasteiger charge is -2.13. The van der Waals surface area contributed by atoms with E-state index >= 15 is 0 Å². The van der Waals surface area contributed by atoms with Gasteiger partial charge >= 0.3 is 0 Å². The summed E-state index contributed by atoms with van der Waals surface area (Å²) in [5.74, 6) is 0.400. The van der Waals surface area contributed by atoms with E-state index in [1.54, 1.807) is 18.2 Å². The van der Waals surface area contributed by atoms with E-state index in [0.717, 1.165) is 0 Å². The van der Waals surface area contributed by atoms with Crippen molar-refractivity contribution in [2.24, 2.45) is 0 Å². The Bertz CT molecular complexity index is 926. The minimum absolute atomic E-state index is 0.0452. The zero-order valence-electron chi connectivity index (χ0n) is 15.2. The maximum absolute atomic E-state index is 12.0. The Kier molecular flexibility index (Phi) is 8.44. The smallest absolute Gasteiger partial charge is 0.273 e. The number of nitro benzene ring substituents is 1. The quantitative estimate of drug-likeness (QED) is 0.258. The zero-order valence-corrected chi connectivity index (χ0v) is 17.6. The van der Waals surface area contributed by atoms with Crippen LogP contribution in [0.5, 0.6) is 11.5 Å². The summed E-state index contributed by atoms with van der Waals surface area (Å²) >= 11 is 16.9.